The molecule has 0 bridgehead atoms. The number of hydrogen-bond donors (Lipinski definition) is 2. The second-order valence-corrected chi connectivity index (χ2v) is 8.40. The van der Waals surface area contributed by atoms with Crippen molar-refractivity contribution in [3.8, 4) is 17.3 Å². The van der Waals surface area contributed by atoms with E-state index in [-0.39, 0.29) is 23.4 Å². The van der Waals surface area contributed by atoms with Gasteiger partial charge in [0.1, 0.15) is 23.9 Å². The summed E-state index contributed by atoms with van der Waals surface area (Å²) in [5.41, 5.74) is 6.79. The molecule has 11 heteroatoms. The molecular weight excluding hydrogens is 452 g/mol. The standard InChI is InChI=1S/C22H22ClF2N7O/c1-12-17(18-28-20(23)30-21(29-18)31-22(2,3)11-26)32-9-5-8-16(19(32)27-12)33-10-13-14(24)6-4-7-15(13)25/h4-9H,10-11,26H2,1-3H3,(H,28,29,30,31). The average Bonchev–Trinajstić information content (AvgIpc) is 3.09. The summed E-state index contributed by atoms with van der Waals surface area (Å²) in [6, 6.07) is 7.06. The van der Waals surface area contributed by atoms with Crippen molar-refractivity contribution >= 4 is 23.2 Å². The van der Waals surface area contributed by atoms with Gasteiger partial charge < -0.3 is 15.8 Å². The van der Waals surface area contributed by atoms with E-state index < -0.39 is 17.2 Å². The molecule has 0 aliphatic heterocycles. The van der Waals surface area contributed by atoms with Gasteiger partial charge in [0.05, 0.1) is 11.3 Å². The summed E-state index contributed by atoms with van der Waals surface area (Å²) < 4.78 is 35.4. The molecule has 0 fully saturated rings. The molecule has 4 aromatic rings. The maximum absolute atomic E-state index is 14.0. The first-order chi connectivity index (χ1) is 15.7. The lowest BCUT2D eigenvalue weighted by Gasteiger charge is -2.24. The maximum atomic E-state index is 14.0. The average molecular weight is 474 g/mol. The molecule has 1 aromatic carbocycles. The minimum atomic E-state index is -0.678. The first-order valence-electron chi connectivity index (χ1n) is 10.1. The van der Waals surface area contributed by atoms with Crippen molar-refractivity contribution in [2.24, 2.45) is 5.73 Å². The molecular formula is C22H22ClF2N7O. The van der Waals surface area contributed by atoms with Crippen LogP contribution in [-0.4, -0.2) is 36.4 Å². The Hall–Kier alpha value is -3.37. The number of benzene rings is 1. The molecule has 0 unspecified atom stereocenters. The van der Waals surface area contributed by atoms with E-state index in [2.05, 4.69) is 25.3 Å². The molecule has 3 aromatic heterocycles. The van der Waals surface area contributed by atoms with E-state index in [9.17, 15) is 8.78 Å². The summed E-state index contributed by atoms with van der Waals surface area (Å²) in [5.74, 6) is -0.438. The fourth-order valence-electron chi connectivity index (χ4n) is 3.22. The van der Waals surface area contributed by atoms with Crippen LogP contribution in [0.5, 0.6) is 5.75 Å². The summed E-state index contributed by atoms with van der Waals surface area (Å²) in [7, 11) is 0. The number of nitrogens with one attached hydrogen (secondary N) is 1. The fraction of sp³-hybridized carbons (Fsp3) is 0.273. The lowest BCUT2D eigenvalue weighted by Crippen LogP contribution is -2.39. The minimum Gasteiger partial charge on any atom is -0.485 e. The summed E-state index contributed by atoms with van der Waals surface area (Å²) in [6.45, 7) is 5.66. The molecule has 3 heterocycles. The Balaban J connectivity index is 1.73. The SMILES string of the molecule is Cc1nc2c(OCc3c(F)cccc3F)cccn2c1-c1nc(Cl)nc(NC(C)(C)CN)n1. The molecule has 8 nitrogen and oxygen atoms in total. The maximum Gasteiger partial charge on any atom is 0.228 e. The van der Waals surface area contributed by atoms with Gasteiger partial charge in [-0.05, 0) is 56.6 Å². The highest BCUT2D eigenvalue weighted by molar-refractivity contribution is 6.28. The predicted molar refractivity (Wildman–Crippen MR) is 121 cm³/mol. The van der Waals surface area contributed by atoms with Gasteiger partial charge in [-0.15, -0.1) is 0 Å². The Kier molecular flexibility index (Phi) is 6.13. The molecule has 0 radical (unpaired) electrons. The van der Waals surface area contributed by atoms with Gasteiger partial charge in [-0.25, -0.2) is 13.8 Å². The first-order valence-corrected chi connectivity index (χ1v) is 10.5. The topological polar surface area (TPSA) is 103 Å². The number of rotatable bonds is 7. The van der Waals surface area contributed by atoms with Gasteiger partial charge in [0.15, 0.2) is 17.2 Å². The van der Waals surface area contributed by atoms with E-state index in [4.69, 9.17) is 22.1 Å². The van der Waals surface area contributed by atoms with E-state index in [1.54, 1.807) is 29.7 Å². The summed E-state index contributed by atoms with van der Waals surface area (Å²) in [4.78, 5) is 17.5. The molecule has 0 saturated carbocycles. The van der Waals surface area contributed by atoms with Gasteiger partial charge in [0.25, 0.3) is 0 Å². The van der Waals surface area contributed by atoms with Crippen LogP contribution in [-0.2, 0) is 6.61 Å². The van der Waals surface area contributed by atoms with Crippen LogP contribution in [0.2, 0.25) is 5.28 Å². The van der Waals surface area contributed by atoms with Crippen molar-refractivity contribution in [1.29, 1.82) is 0 Å². The van der Waals surface area contributed by atoms with E-state index in [1.165, 1.54) is 18.2 Å². The van der Waals surface area contributed by atoms with Crippen LogP contribution >= 0.6 is 11.6 Å². The van der Waals surface area contributed by atoms with Crippen LogP contribution in [0.4, 0.5) is 14.7 Å². The summed E-state index contributed by atoms with van der Waals surface area (Å²) in [5, 5.41) is 3.15. The number of aryl methyl sites for hydroxylation is 1. The number of pyridine rings is 1. The van der Waals surface area contributed by atoms with E-state index in [0.29, 0.717) is 35.2 Å². The first kappa shape index (κ1) is 22.8. The number of nitrogens with two attached hydrogens (primary N) is 1. The molecule has 3 N–H and O–H groups in total. The molecule has 0 amide bonds. The van der Waals surface area contributed by atoms with Crippen molar-refractivity contribution in [2.75, 3.05) is 11.9 Å². The lowest BCUT2D eigenvalue weighted by molar-refractivity contribution is 0.294. The quantitative estimate of drug-likeness (QED) is 0.415. The zero-order valence-electron chi connectivity index (χ0n) is 18.2. The number of nitrogens with zero attached hydrogens (tertiary/aromatic N) is 5. The van der Waals surface area contributed by atoms with Gasteiger partial charge in [0, 0.05) is 18.3 Å². The highest BCUT2D eigenvalue weighted by atomic mass is 35.5. The van der Waals surface area contributed by atoms with E-state index in [1.807, 2.05) is 13.8 Å². The smallest absolute Gasteiger partial charge is 0.228 e. The van der Waals surface area contributed by atoms with Gasteiger partial charge in [-0.2, -0.15) is 15.0 Å². The minimum absolute atomic E-state index is 0.00658. The molecule has 0 spiro atoms. The number of hydrogen-bond acceptors (Lipinski definition) is 7. The Morgan fingerprint density at radius 3 is 2.52 bits per heavy atom. The normalized spacial score (nSPS) is 11.7. The number of imidazole rings is 1. The van der Waals surface area contributed by atoms with Gasteiger partial charge >= 0.3 is 0 Å². The van der Waals surface area contributed by atoms with Crippen LogP contribution in [0.1, 0.15) is 25.1 Å². The third-order valence-electron chi connectivity index (χ3n) is 5.00. The molecule has 0 aliphatic carbocycles. The Morgan fingerprint density at radius 1 is 1.09 bits per heavy atom. The highest BCUT2D eigenvalue weighted by Crippen LogP contribution is 2.29. The Morgan fingerprint density at radius 2 is 1.82 bits per heavy atom. The van der Waals surface area contributed by atoms with Crippen molar-refractivity contribution in [2.45, 2.75) is 32.9 Å². The molecule has 0 aliphatic rings. The van der Waals surface area contributed by atoms with Crippen LogP contribution in [0.3, 0.4) is 0 Å². The predicted octanol–water partition coefficient (Wildman–Crippen LogP) is 4.15. The van der Waals surface area contributed by atoms with Crippen LogP contribution in [0.25, 0.3) is 17.2 Å². The summed E-state index contributed by atoms with van der Waals surface area (Å²) in [6.07, 6.45) is 1.76. The van der Waals surface area contributed by atoms with Crippen molar-refractivity contribution in [1.82, 2.24) is 24.3 Å². The monoisotopic (exact) mass is 473 g/mol. The molecule has 33 heavy (non-hydrogen) atoms. The molecule has 0 atom stereocenters. The van der Waals surface area contributed by atoms with Crippen molar-refractivity contribution < 1.29 is 13.5 Å². The van der Waals surface area contributed by atoms with Crippen molar-refractivity contribution in [3.63, 3.8) is 0 Å². The van der Waals surface area contributed by atoms with Crippen LogP contribution < -0.4 is 15.8 Å². The zero-order valence-corrected chi connectivity index (χ0v) is 19.0. The second kappa shape index (κ2) is 8.87. The van der Waals surface area contributed by atoms with Crippen LogP contribution in [0, 0.1) is 18.6 Å². The zero-order chi connectivity index (χ0) is 23.8. The Labute approximate surface area is 193 Å². The number of ether oxygens (including phenoxy) is 1. The lowest BCUT2D eigenvalue weighted by atomic mass is 10.1. The van der Waals surface area contributed by atoms with Crippen molar-refractivity contribution in [3.05, 3.63) is 64.7 Å². The molecule has 0 saturated heterocycles. The van der Waals surface area contributed by atoms with Crippen LogP contribution in [0.15, 0.2) is 36.5 Å². The summed E-state index contributed by atoms with van der Waals surface area (Å²) >= 11 is 6.16. The van der Waals surface area contributed by atoms with E-state index >= 15 is 0 Å². The molecule has 4 rings (SSSR count). The highest BCUT2D eigenvalue weighted by Gasteiger charge is 2.21. The third-order valence-corrected chi connectivity index (χ3v) is 5.17. The van der Waals surface area contributed by atoms with Gasteiger partial charge in [-0.3, -0.25) is 4.40 Å². The number of fused-ring (bicyclic) bond motifs is 1. The number of anilines is 1. The number of halogens is 3. The van der Waals surface area contributed by atoms with E-state index in [0.717, 1.165) is 0 Å². The van der Waals surface area contributed by atoms with Gasteiger partial charge in [0.2, 0.25) is 11.2 Å². The third kappa shape index (κ3) is 4.71. The Bertz CT molecular complexity index is 1310. The molecule has 172 valence electrons. The number of aromatic nitrogens is 5. The second-order valence-electron chi connectivity index (χ2n) is 8.07. The van der Waals surface area contributed by atoms with Gasteiger partial charge in [-0.1, -0.05) is 6.07 Å². The fourth-order valence-corrected chi connectivity index (χ4v) is 3.38. The largest absolute Gasteiger partial charge is 0.485 e.